The third kappa shape index (κ3) is 4.13. The number of hydrogen-bond donors (Lipinski definition) is 1. The summed E-state index contributed by atoms with van der Waals surface area (Å²) in [5.74, 6) is -0.676. The van der Waals surface area contributed by atoms with Gasteiger partial charge in [0.1, 0.15) is 5.82 Å². The Balaban J connectivity index is 1.63. The molecule has 4 aromatic rings. The predicted octanol–water partition coefficient (Wildman–Crippen LogP) is 5.59. The molecule has 6 nitrogen and oxygen atoms in total. The van der Waals surface area contributed by atoms with Gasteiger partial charge in [-0.1, -0.05) is 6.07 Å². The number of nitrogens with one attached hydrogen (secondary N) is 1. The Hall–Kier alpha value is -4.04. The number of aryl methyl sites for hydroxylation is 1. The number of carbonyl (C=O) groups is 1. The number of halogens is 1. The summed E-state index contributed by atoms with van der Waals surface area (Å²) in [6, 6.07) is 21.2. The topological polar surface area (TPSA) is 59.4 Å². The summed E-state index contributed by atoms with van der Waals surface area (Å²) in [6.07, 6.45) is 1.77. The largest absolute Gasteiger partial charge is 0.465 e. The first kappa shape index (κ1) is 23.7. The van der Waals surface area contributed by atoms with E-state index in [-0.39, 0.29) is 23.9 Å². The normalized spacial score (nSPS) is 17.2. The van der Waals surface area contributed by atoms with Gasteiger partial charge in [0.15, 0.2) is 5.11 Å². The van der Waals surface area contributed by atoms with E-state index in [1.807, 2.05) is 42.2 Å². The van der Waals surface area contributed by atoms with E-state index in [0.717, 1.165) is 34.0 Å². The summed E-state index contributed by atoms with van der Waals surface area (Å²) in [5.41, 5.74) is 6.21. The number of ether oxygens (including phenoxy) is 1. The predicted molar refractivity (Wildman–Crippen MR) is 141 cm³/mol. The van der Waals surface area contributed by atoms with Crippen LogP contribution in [0.15, 0.2) is 79.0 Å². The number of carbonyl (C=O) groups excluding carboxylic acids is 1. The van der Waals surface area contributed by atoms with Crippen molar-refractivity contribution in [2.45, 2.75) is 25.9 Å². The van der Waals surface area contributed by atoms with Crippen molar-refractivity contribution >= 4 is 29.0 Å². The number of hydrogen-bond acceptors (Lipinski definition) is 4. The fourth-order valence-electron chi connectivity index (χ4n) is 4.90. The smallest absolute Gasteiger partial charge is 0.337 e. The Morgan fingerprint density at radius 1 is 1.03 bits per heavy atom. The van der Waals surface area contributed by atoms with Crippen molar-refractivity contribution in [2.24, 2.45) is 0 Å². The Kier molecular flexibility index (Phi) is 6.28. The molecule has 5 rings (SSSR count). The Labute approximate surface area is 214 Å². The van der Waals surface area contributed by atoms with Crippen LogP contribution in [0, 0.1) is 19.7 Å². The SMILES string of the molecule is COC(=O)c1ccc(-n2c(C)cc([C@@H]3[C@@H](c4ccccn4)NC(=S)N3c3ccc(F)cc3)c2C)cc1. The lowest BCUT2D eigenvalue weighted by Gasteiger charge is -2.28. The van der Waals surface area contributed by atoms with E-state index in [0.29, 0.717) is 10.7 Å². The molecule has 182 valence electrons. The van der Waals surface area contributed by atoms with E-state index in [4.69, 9.17) is 17.0 Å². The molecule has 1 aliphatic rings. The van der Waals surface area contributed by atoms with Crippen LogP contribution >= 0.6 is 12.2 Å². The van der Waals surface area contributed by atoms with Gasteiger partial charge in [-0.25, -0.2) is 9.18 Å². The quantitative estimate of drug-likeness (QED) is 0.285. The summed E-state index contributed by atoms with van der Waals surface area (Å²) in [4.78, 5) is 18.5. The lowest BCUT2D eigenvalue weighted by atomic mass is 9.96. The number of esters is 1. The number of benzene rings is 2. The van der Waals surface area contributed by atoms with Crippen molar-refractivity contribution < 1.29 is 13.9 Å². The molecular formula is C28H25FN4O2S. The van der Waals surface area contributed by atoms with E-state index in [1.165, 1.54) is 19.2 Å². The number of pyridine rings is 1. The molecule has 8 heteroatoms. The third-order valence-corrected chi connectivity index (χ3v) is 6.85. The van der Waals surface area contributed by atoms with Gasteiger partial charge in [0.25, 0.3) is 0 Å². The highest BCUT2D eigenvalue weighted by molar-refractivity contribution is 7.80. The van der Waals surface area contributed by atoms with Crippen LogP contribution in [0.25, 0.3) is 5.69 Å². The molecule has 1 N–H and O–H groups in total. The molecule has 0 bridgehead atoms. The van der Waals surface area contributed by atoms with Gasteiger partial charge in [-0.3, -0.25) is 4.98 Å². The van der Waals surface area contributed by atoms with Gasteiger partial charge in [-0.05, 0) is 98.4 Å². The van der Waals surface area contributed by atoms with E-state index in [9.17, 15) is 9.18 Å². The minimum absolute atomic E-state index is 0.209. The van der Waals surface area contributed by atoms with Gasteiger partial charge in [-0.15, -0.1) is 0 Å². The molecule has 0 aliphatic carbocycles. The average molecular weight is 501 g/mol. The van der Waals surface area contributed by atoms with Gasteiger partial charge in [0, 0.05) is 29.0 Å². The van der Waals surface area contributed by atoms with Gasteiger partial charge in [-0.2, -0.15) is 0 Å². The second kappa shape index (κ2) is 9.54. The second-order valence-corrected chi connectivity index (χ2v) is 9.06. The number of aromatic nitrogens is 2. The first-order chi connectivity index (χ1) is 17.4. The minimum atomic E-state index is -0.373. The summed E-state index contributed by atoms with van der Waals surface area (Å²) < 4.78 is 20.7. The lowest BCUT2D eigenvalue weighted by molar-refractivity contribution is 0.0600. The molecule has 1 saturated heterocycles. The maximum Gasteiger partial charge on any atom is 0.337 e. The fourth-order valence-corrected chi connectivity index (χ4v) is 5.25. The van der Waals surface area contributed by atoms with Crippen molar-refractivity contribution in [3.63, 3.8) is 0 Å². The Morgan fingerprint density at radius 3 is 2.36 bits per heavy atom. The average Bonchev–Trinajstić information content (AvgIpc) is 3.39. The molecule has 1 fully saturated rings. The fraction of sp³-hybridized carbons (Fsp3) is 0.179. The van der Waals surface area contributed by atoms with E-state index >= 15 is 0 Å². The number of nitrogens with zero attached hydrogens (tertiary/aromatic N) is 3. The number of thiocarbonyl (C=S) groups is 1. The van der Waals surface area contributed by atoms with Crippen LogP contribution < -0.4 is 10.2 Å². The number of rotatable bonds is 5. The molecule has 0 radical (unpaired) electrons. The number of anilines is 1. The maximum absolute atomic E-state index is 13.7. The molecule has 0 amide bonds. The van der Waals surface area contributed by atoms with Gasteiger partial charge in [0.05, 0.1) is 30.5 Å². The van der Waals surface area contributed by atoms with Gasteiger partial charge >= 0.3 is 5.97 Å². The molecule has 0 spiro atoms. The summed E-state index contributed by atoms with van der Waals surface area (Å²) in [5, 5.41) is 3.99. The highest BCUT2D eigenvalue weighted by Gasteiger charge is 2.42. The molecule has 3 heterocycles. The van der Waals surface area contributed by atoms with E-state index in [1.54, 1.807) is 30.5 Å². The van der Waals surface area contributed by atoms with Crippen LogP contribution in [0.5, 0.6) is 0 Å². The number of methoxy groups -OCH3 is 1. The van der Waals surface area contributed by atoms with Crippen LogP contribution in [0.3, 0.4) is 0 Å². The molecule has 0 saturated carbocycles. The zero-order chi connectivity index (χ0) is 25.4. The standard InChI is InChI=1S/C28H25FN4O2S/c1-17-16-23(18(2)32(17)21-11-7-19(8-12-21)27(34)35-3)26-25(24-6-4-5-15-30-24)31-28(36)33(26)22-13-9-20(29)10-14-22/h4-16,25-26H,1-3H3,(H,31,36)/t25-,26-/m1/s1. The molecular weight excluding hydrogens is 475 g/mol. The van der Waals surface area contributed by atoms with Crippen molar-refractivity contribution in [3.8, 4) is 5.69 Å². The van der Waals surface area contributed by atoms with Crippen LogP contribution in [-0.4, -0.2) is 27.7 Å². The lowest BCUT2D eigenvalue weighted by Crippen LogP contribution is -2.29. The van der Waals surface area contributed by atoms with Crippen molar-refractivity contribution in [1.82, 2.24) is 14.9 Å². The summed E-state index contributed by atoms with van der Waals surface area (Å²) >= 11 is 5.78. The van der Waals surface area contributed by atoms with Crippen LogP contribution in [-0.2, 0) is 4.74 Å². The first-order valence-corrected chi connectivity index (χ1v) is 11.9. The highest BCUT2D eigenvalue weighted by atomic mass is 32.1. The maximum atomic E-state index is 13.7. The van der Waals surface area contributed by atoms with Crippen LogP contribution in [0.1, 0.15) is 45.1 Å². The van der Waals surface area contributed by atoms with Crippen molar-refractivity contribution in [2.75, 3.05) is 12.0 Å². The zero-order valence-corrected chi connectivity index (χ0v) is 20.9. The molecule has 2 atom stereocenters. The highest BCUT2D eigenvalue weighted by Crippen LogP contribution is 2.43. The molecule has 36 heavy (non-hydrogen) atoms. The van der Waals surface area contributed by atoms with E-state index in [2.05, 4.69) is 27.9 Å². The first-order valence-electron chi connectivity index (χ1n) is 11.5. The molecule has 2 aromatic heterocycles. The third-order valence-electron chi connectivity index (χ3n) is 6.54. The van der Waals surface area contributed by atoms with Gasteiger partial charge < -0.3 is 19.5 Å². The molecule has 2 aromatic carbocycles. The Bertz CT molecular complexity index is 1420. The van der Waals surface area contributed by atoms with Crippen molar-refractivity contribution in [1.29, 1.82) is 0 Å². The van der Waals surface area contributed by atoms with Crippen molar-refractivity contribution in [3.05, 3.63) is 113 Å². The molecule has 1 aliphatic heterocycles. The zero-order valence-electron chi connectivity index (χ0n) is 20.1. The molecule has 0 unspecified atom stereocenters. The van der Waals surface area contributed by atoms with E-state index < -0.39 is 0 Å². The summed E-state index contributed by atoms with van der Waals surface area (Å²) in [6.45, 7) is 4.11. The van der Waals surface area contributed by atoms with Gasteiger partial charge in [0.2, 0.25) is 0 Å². The van der Waals surface area contributed by atoms with Crippen LogP contribution in [0.2, 0.25) is 0 Å². The van der Waals surface area contributed by atoms with Crippen LogP contribution in [0.4, 0.5) is 10.1 Å². The second-order valence-electron chi connectivity index (χ2n) is 8.67. The summed E-state index contributed by atoms with van der Waals surface area (Å²) in [7, 11) is 1.37. The Morgan fingerprint density at radius 2 is 1.72 bits per heavy atom. The minimum Gasteiger partial charge on any atom is -0.465 e. The monoisotopic (exact) mass is 500 g/mol.